The quantitative estimate of drug-likeness (QED) is 0.845. The van der Waals surface area contributed by atoms with Gasteiger partial charge in [-0.25, -0.2) is 9.97 Å². The van der Waals surface area contributed by atoms with E-state index in [0.717, 1.165) is 23.5 Å². The minimum atomic E-state index is 0.648. The maximum atomic E-state index is 6.10. The smallest absolute Gasteiger partial charge is 0.192 e. The molecule has 1 aromatic heterocycles. The van der Waals surface area contributed by atoms with E-state index in [1.54, 1.807) is 12.1 Å². The highest BCUT2D eigenvalue weighted by molar-refractivity contribution is 7.99. The predicted molar refractivity (Wildman–Crippen MR) is 80.0 cm³/mol. The number of rotatable bonds is 5. The van der Waals surface area contributed by atoms with Crippen molar-refractivity contribution in [3.8, 4) is 0 Å². The summed E-state index contributed by atoms with van der Waals surface area (Å²) in [5.74, 6) is 0. The molecule has 2 rings (SSSR count). The van der Waals surface area contributed by atoms with E-state index in [4.69, 9.17) is 23.2 Å². The van der Waals surface area contributed by atoms with E-state index < -0.39 is 0 Å². The van der Waals surface area contributed by atoms with Crippen LogP contribution in [0.2, 0.25) is 10.0 Å². The van der Waals surface area contributed by atoms with Gasteiger partial charge in [-0.2, -0.15) is 0 Å². The minimum absolute atomic E-state index is 0.648. The maximum absolute atomic E-state index is 6.10. The summed E-state index contributed by atoms with van der Waals surface area (Å²) in [5, 5.41) is 5.18. The van der Waals surface area contributed by atoms with E-state index in [-0.39, 0.29) is 0 Å². The summed E-state index contributed by atoms with van der Waals surface area (Å²) in [5.41, 5.74) is 1.06. The molecule has 1 heterocycles. The Morgan fingerprint density at radius 2 is 1.95 bits per heavy atom. The lowest BCUT2D eigenvalue weighted by Crippen LogP contribution is -2.12. The Labute approximate surface area is 126 Å². The highest BCUT2D eigenvalue weighted by atomic mass is 35.5. The van der Waals surface area contributed by atoms with Crippen LogP contribution in [0.4, 0.5) is 0 Å². The highest BCUT2D eigenvalue weighted by Gasteiger charge is 2.06. The molecule has 0 saturated carbocycles. The number of hydrogen-bond donors (Lipinski definition) is 1. The average Bonchev–Trinajstić information content (AvgIpc) is 2.42. The fourth-order valence-electron chi connectivity index (χ4n) is 1.41. The monoisotopic (exact) mass is 313 g/mol. The van der Waals surface area contributed by atoms with Crippen LogP contribution in [0, 0.1) is 0 Å². The molecule has 0 unspecified atom stereocenters. The van der Waals surface area contributed by atoms with Crippen molar-refractivity contribution >= 4 is 35.0 Å². The SMILES string of the molecule is CCNCc1cnc(Sc2cc(Cl)ccc2Cl)nc1. The van der Waals surface area contributed by atoms with Gasteiger partial charge in [0.15, 0.2) is 5.16 Å². The van der Waals surface area contributed by atoms with Crippen LogP contribution in [0.25, 0.3) is 0 Å². The predicted octanol–water partition coefficient (Wildman–Crippen LogP) is 4.04. The zero-order valence-electron chi connectivity index (χ0n) is 10.4. The van der Waals surface area contributed by atoms with Crippen LogP contribution >= 0.6 is 35.0 Å². The van der Waals surface area contributed by atoms with Crippen LogP contribution in [0.1, 0.15) is 12.5 Å². The summed E-state index contributed by atoms with van der Waals surface area (Å²) < 4.78 is 0. The van der Waals surface area contributed by atoms with Crippen LogP contribution in [-0.2, 0) is 6.54 Å². The average molecular weight is 314 g/mol. The Bertz CT molecular complexity index is 546. The second-order valence-corrected chi connectivity index (χ2v) is 5.68. The summed E-state index contributed by atoms with van der Waals surface area (Å²) in [6.45, 7) is 3.76. The lowest BCUT2D eigenvalue weighted by Gasteiger charge is -2.05. The second-order valence-electron chi connectivity index (χ2n) is 3.83. The number of halogens is 2. The molecular weight excluding hydrogens is 301 g/mol. The van der Waals surface area contributed by atoms with Crippen molar-refractivity contribution < 1.29 is 0 Å². The number of nitrogens with one attached hydrogen (secondary N) is 1. The Morgan fingerprint density at radius 3 is 2.63 bits per heavy atom. The van der Waals surface area contributed by atoms with Gasteiger partial charge >= 0.3 is 0 Å². The third kappa shape index (κ3) is 4.35. The van der Waals surface area contributed by atoms with Gasteiger partial charge in [-0.05, 0) is 36.5 Å². The first-order valence-corrected chi connectivity index (χ1v) is 7.41. The Balaban J connectivity index is 2.08. The van der Waals surface area contributed by atoms with Crippen molar-refractivity contribution in [3.05, 3.63) is 46.2 Å². The molecular formula is C13H13Cl2N3S. The zero-order chi connectivity index (χ0) is 13.7. The van der Waals surface area contributed by atoms with Crippen molar-refractivity contribution in [3.63, 3.8) is 0 Å². The number of aromatic nitrogens is 2. The Hall–Kier alpha value is -0.810. The Kier molecular flexibility index (Phi) is 5.45. The van der Waals surface area contributed by atoms with Gasteiger partial charge in [-0.15, -0.1) is 0 Å². The van der Waals surface area contributed by atoms with E-state index >= 15 is 0 Å². The molecule has 100 valence electrons. The molecule has 0 aliphatic rings. The van der Waals surface area contributed by atoms with Gasteiger partial charge in [0.25, 0.3) is 0 Å². The topological polar surface area (TPSA) is 37.8 Å². The second kappa shape index (κ2) is 7.10. The molecule has 0 radical (unpaired) electrons. The van der Waals surface area contributed by atoms with E-state index in [1.165, 1.54) is 11.8 Å². The number of nitrogens with zero attached hydrogens (tertiary/aromatic N) is 2. The molecule has 0 amide bonds. The minimum Gasteiger partial charge on any atom is -0.313 e. The first-order valence-electron chi connectivity index (χ1n) is 5.83. The first kappa shape index (κ1) is 14.6. The molecule has 0 saturated heterocycles. The van der Waals surface area contributed by atoms with Crippen LogP contribution in [0.3, 0.4) is 0 Å². The fraction of sp³-hybridized carbons (Fsp3) is 0.231. The summed E-state index contributed by atoms with van der Waals surface area (Å²) in [6.07, 6.45) is 3.63. The summed E-state index contributed by atoms with van der Waals surface area (Å²) in [7, 11) is 0. The van der Waals surface area contributed by atoms with Gasteiger partial charge in [0.1, 0.15) is 0 Å². The third-order valence-electron chi connectivity index (χ3n) is 2.36. The third-order valence-corrected chi connectivity index (χ3v) is 3.98. The fourth-order valence-corrected chi connectivity index (χ4v) is 2.64. The highest BCUT2D eigenvalue weighted by Crippen LogP contribution is 2.33. The molecule has 0 aliphatic heterocycles. The van der Waals surface area contributed by atoms with Gasteiger partial charge < -0.3 is 5.32 Å². The van der Waals surface area contributed by atoms with Crippen LogP contribution in [-0.4, -0.2) is 16.5 Å². The lowest BCUT2D eigenvalue weighted by atomic mass is 10.3. The van der Waals surface area contributed by atoms with E-state index in [2.05, 4.69) is 22.2 Å². The molecule has 19 heavy (non-hydrogen) atoms. The van der Waals surface area contributed by atoms with E-state index in [0.29, 0.717) is 15.2 Å². The molecule has 0 aliphatic carbocycles. The molecule has 0 bridgehead atoms. The first-order chi connectivity index (χ1) is 9.19. The van der Waals surface area contributed by atoms with Crippen molar-refractivity contribution in [2.45, 2.75) is 23.5 Å². The molecule has 2 aromatic rings. The summed E-state index contributed by atoms with van der Waals surface area (Å²) in [6, 6.07) is 5.34. The lowest BCUT2D eigenvalue weighted by molar-refractivity contribution is 0.716. The van der Waals surface area contributed by atoms with E-state index in [1.807, 2.05) is 18.5 Å². The van der Waals surface area contributed by atoms with Gasteiger partial charge in [0.2, 0.25) is 0 Å². The van der Waals surface area contributed by atoms with Gasteiger partial charge in [-0.3, -0.25) is 0 Å². The summed E-state index contributed by atoms with van der Waals surface area (Å²) >= 11 is 13.4. The molecule has 6 heteroatoms. The van der Waals surface area contributed by atoms with Crippen LogP contribution in [0.15, 0.2) is 40.6 Å². The largest absolute Gasteiger partial charge is 0.313 e. The van der Waals surface area contributed by atoms with Gasteiger partial charge in [-0.1, -0.05) is 30.1 Å². The van der Waals surface area contributed by atoms with Crippen molar-refractivity contribution in [1.29, 1.82) is 0 Å². The van der Waals surface area contributed by atoms with Crippen LogP contribution in [0.5, 0.6) is 0 Å². The van der Waals surface area contributed by atoms with Crippen molar-refractivity contribution in [2.24, 2.45) is 0 Å². The zero-order valence-corrected chi connectivity index (χ0v) is 12.7. The molecule has 0 spiro atoms. The molecule has 0 fully saturated rings. The van der Waals surface area contributed by atoms with Gasteiger partial charge in [0.05, 0.1) is 5.02 Å². The molecule has 0 atom stereocenters. The molecule has 1 N–H and O–H groups in total. The molecule has 3 nitrogen and oxygen atoms in total. The molecule has 1 aromatic carbocycles. The number of benzene rings is 1. The van der Waals surface area contributed by atoms with Crippen molar-refractivity contribution in [1.82, 2.24) is 15.3 Å². The Morgan fingerprint density at radius 1 is 1.21 bits per heavy atom. The van der Waals surface area contributed by atoms with Crippen LogP contribution < -0.4 is 5.32 Å². The van der Waals surface area contributed by atoms with Crippen molar-refractivity contribution in [2.75, 3.05) is 6.54 Å². The number of hydrogen-bond acceptors (Lipinski definition) is 4. The van der Waals surface area contributed by atoms with E-state index in [9.17, 15) is 0 Å². The maximum Gasteiger partial charge on any atom is 0.192 e. The standard InChI is InChI=1S/C13H13Cl2N3S/c1-2-16-6-9-7-17-13(18-8-9)19-12-5-10(14)3-4-11(12)15/h3-5,7-8,16H,2,6H2,1H3. The normalized spacial score (nSPS) is 10.7. The van der Waals surface area contributed by atoms with Gasteiger partial charge in [0, 0.05) is 34.4 Å². The summed E-state index contributed by atoms with van der Waals surface area (Å²) in [4.78, 5) is 9.47.